The van der Waals surface area contributed by atoms with Crippen LogP contribution in [0.2, 0.25) is 0 Å². The molecule has 2 heterocycles. The van der Waals surface area contributed by atoms with E-state index in [1.54, 1.807) is 11.3 Å². The maximum atomic E-state index is 13.0. The number of amides is 1. The third kappa shape index (κ3) is 3.37. The first kappa shape index (κ1) is 17.2. The molecule has 5 heteroatoms. The molecular formula is C21H23N3OS. The first-order valence-corrected chi connectivity index (χ1v) is 9.86. The molecule has 1 aliphatic heterocycles. The third-order valence-corrected chi connectivity index (χ3v) is 5.96. The van der Waals surface area contributed by atoms with Gasteiger partial charge in [-0.15, -0.1) is 11.3 Å². The van der Waals surface area contributed by atoms with Crippen LogP contribution in [0, 0.1) is 0 Å². The lowest BCUT2D eigenvalue weighted by molar-refractivity contribution is -0.120. The number of aryl methyl sites for hydroxylation is 1. The molecule has 0 saturated carbocycles. The lowest BCUT2D eigenvalue weighted by atomic mass is 9.96. The Morgan fingerprint density at radius 3 is 2.85 bits per heavy atom. The van der Waals surface area contributed by atoms with Crippen molar-refractivity contribution in [2.75, 3.05) is 18.5 Å². The summed E-state index contributed by atoms with van der Waals surface area (Å²) in [5.74, 6) is 0.160. The number of hydrogen-bond acceptors (Lipinski definition) is 4. The zero-order valence-corrected chi connectivity index (χ0v) is 16.0. The Labute approximate surface area is 158 Å². The molecule has 4 rings (SSSR count). The fourth-order valence-corrected chi connectivity index (χ4v) is 4.70. The van der Waals surface area contributed by atoms with Gasteiger partial charge in [0.15, 0.2) is 0 Å². The number of aromatic nitrogens is 1. The summed E-state index contributed by atoms with van der Waals surface area (Å²) in [5, 5.41) is 1.05. The van der Waals surface area contributed by atoms with Crippen LogP contribution in [0.1, 0.15) is 23.9 Å². The highest BCUT2D eigenvalue weighted by Crippen LogP contribution is 2.30. The van der Waals surface area contributed by atoms with Crippen molar-refractivity contribution in [3.05, 3.63) is 59.1 Å². The Hall–Kier alpha value is -2.24. The summed E-state index contributed by atoms with van der Waals surface area (Å²) >= 11 is 1.70. The Morgan fingerprint density at radius 2 is 2.00 bits per heavy atom. The maximum absolute atomic E-state index is 13.0. The number of benzene rings is 2. The molecule has 1 aromatic heterocycles. The van der Waals surface area contributed by atoms with E-state index >= 15 is 0 Å². The second-order valence-electron chi connectivity index (χ2n) is 7.03. The summed E-state index contributed by atoms with van der Waals surface area (Å²) in [6.45, 7) is 3.23. The number of likely N-dealkylation sites (N-methyl/N-ethyl adjacent to an activating group) is 1. The van der Waals surface area contributed by atoms with Gasteiger partial charge in [0.05, 0.1) is 23.3 Å². The van der Waals surface area contributed by atoms with E-state index in [0.29, 0.717) is 13.1 Å². The molecule has 0 spiro atoms. The van der Waals surface area contributed by atoms with Gasteiger partial charge in [0.25, 0.3) is 0 Å². The van der Waals surface area contributed by atoms with E-state index in [2.05, 4.69) is 41.1 Å². The molecule has 0 saturated heterocycles. The zero-order chi connectivity index (χ0) is 18.1. The molecule has 0 bridgehead atoms. The number of nitrogens with zero attached hydrogens (tertiary/aromatic N) is 3. The van der Waals surface area contributed by atoms with Crippen LogP contribution in [0.5, 0.6) is 0 Å². The molecule has 26 heavy (non-hydrogen) atoms. The molecule has 2 aromatic carbocycles. The van der Waals surface area contributed by atoms with Crippen molar-refractivity contribution in [3.63, 3.8) is 0 Å². The number of fused-ring (bicyclic) bond motifs is 2. The van der Waals surface area contributed by atoms with Gasteiger partial charge in [-0.05, 0) is 50.6 Å². The highest BCUT2D eigenvalue weighted by molar-refractivity contribution is 7.18. The monoisotopic (exact) mass is 365 g/mol. The van der Waals surface area contributed by atoms with Crippen molar-refractivity contribution in [1.82, 2.24) is 9.88 Å². The zero-order valence-electron chi connectivity index (χ0n) is 15.2. The van der Waals surface area contributed by atoms with Crippen LogP contribution in [-0.2, 0) is 17.8 Å². The number of carbonyl (C=O) groups excluding carboxylic acids is 1. The minimum absolute atomic E-state index is 0.160. The third-order valence-electron chi connectivity index (χ3n) is 4.94. The van der Waals surface area contributed by atoms with E-state index in [-0.39, 0.29) is 11.9 Å². The highest BCUT2D eigenvalue weighted by Gasteiger charge is 2.28. The Balaban J connectivity index is 1.47. The molecule has 0 aliphatic carbocycles. The summed E-state index contributed by atoms with van der Waals surface area (Å²) in [7, 11) is 1.99. The lowest BCUT2D eigenvalue weighted by Gasteiger charge is -2.36. The van der Waals surface area contributed by atoms with Crippen LogP contribution in [-0.4, -0.2) is 35.4 Å². The van der Waals surface area contributed by atoms with Crippen LogP contribution in [0.4, 0.5) is 5.69 Å². The predicted octanol–water partition coefficient (Wildman–Crippen LogP) is 4.10. The van der Waals surface area contributed by atoms with Gasteiger partial charge in [0.2, 0.25) is 5.91 Å². The van der Waals surface area contributed by atoms with Crippen LogP contribution >= 0.6 is 11.3 Å². The van der Waals surface area contributed by atoms with Gasteiger partial charge in [-0.1, -0.05) is 30.3 Å². The molecule has 134 valence electrons. The van der Waals surface area contributed by atoms with Crippen molar-refractivity contribution >= 4 is 33.1 Å². The fraction of sp³-hybridized carbons (Fsp3) is 0.333. The Kier molecular flexibility index (Phi) is 4.74. The van der Waals surface area contributed by atoms with Gasteiger partial charge in [-0.2, -0.15) is 0 Å². The van der Waals surface area contributed by atoms with E-state index in [0.717, 1.165) is 29.1 Å². The van der Waals surface area contributed by atoms with E-state index in [1.807, 2.05) is 36.2 Å². The Morgan fingerprint density at radius 1 is 1.23 bits per heavy atom. The van der Waals surface area contributed by atoms with Crippen molar-refractivity contribution in [3.8, 4) is 0 Å². The number of para-hydroxylation sites is 2. The van der Waals surface area contributed by atoms with Gasteiger partial charge in [0.1, 0.15) is 5.01 Å². The second kappa shape index (κ2) is 7.17. The fourth-order valence-electron chi connectivity index (χ4n) is 3.65. The van der Waals surface area contributed by atoms with E-state index < -0.39 is 0 Å². The normalized spacial score (nSPS) is 16.9. The summed E-state index contributed by atoms with van der Waals surface area (Å²) in [6.07, 6.45) is 2.06. The molecule has 1 atom stereocenters. The molecule has 0 fully saturated rings. The topological polar surface area (TPSA) is 36.4 Å². The van der Waals surface area contributed by atoms with E-state index in [9.17, 15) is 4.79 Å². The van der Waals surface area contributed by atoms with Crippen molar-refractivity contribution in [2.45, 2.75) is 32.4 Å². The van der Waals surface area contributed by atoms with Crippen molar-refractivity contribution in [1.29, 1.82) is 0 Å². The minimum Gasteiger partial charge on any atom is -0.308 e. The SMILES string of the molecule is CC1CCc2ccccc2N1C(=O)CN(C)Cc1nc2ccccc2s1. The molecule has 0 N–H and O–H groups in total. The summed E-state index contributed by atoms with van der Waals surface area (Å²) in [4.78, 5) is 21.7. The van der Waals surface area contributed by atoms with Gasteiger partial charge in [0, 0.05) is 11.7 Å². The maximum Gasteiger partial charge on any atom is 0.241 e. The number of rotatable bonds is 4. The van der Waals surface area contributed by atoms with Gasteiger partial charge in [-0.25, -0.2) is 4.98 Å². The molecule has 1 aliphatic rings. The summed E-state index contributed by atoms with van der Waals surface area (Å²) < 4.78 is 1.20. The predicted molar refractivity (Wildman–Crippen MR) is 108 cm³/mol. The summed E-state index contributed by atoms with van der Waals surface area (Å²) in [6, 6.07) is 16.7. The van der Waals surface area contributed by atoms with E-state index in [1.165, 1.54) is 10.3 Å². The average Bonchev–Trinajstić information content (AvgIpc) is 3.03. The van der Waals surface area contributed by atoms with Gasteiger partial charge >= 0.3 is 0 Å². The number of hydrogen-bond donors (Lipinski definition) is 0. The molecule has 4 nitrogen and oxygen atoms in total. The molecule has 1 amide bonds. The number of thiazole rings is 1. The standard InChI is InChI=1S/C21H23N3OS/c1-15-11-12-16-7-3-5-9-18(16)24(15)21(25)14-23(2)13-20-22-17-8-4-6-10-19(17)26-20/h3-10,15H,11-14H2,1-2H3. The molecular weight excluding hydrogens is 342 g/mol. The van der Waals surface area contributed by atoms with E-state index in [4.69, 9.17) is 0 Å². The largest absolute Gasteiger partial charge is 0.308 e. The van der Waals surface area contributed by atoms with Crippen LogP contribution in [0.3, 0.4) is 0 Å². The van der Waals surface area contributed by atoms with Gasteiger partial charge < -0.3 is 4.90 Å². The molecule has 0 radical (unpaired) electrons. The van der Waals surface area contributed by atoms with Crippen molar-refractivity contribution in [2.24, 2.45) is 0 Å². The van der Waals surface area contributed by atoms with Gasteiger partial charge in [-0.3, -0.25) is 9.69 Å². The summed E-state index contributed by atoms with van der Waals surface area (Å²) in [5.41, 5.74) is 3.38. The molecule has 1 unspecified atom stereocenters. The second-order valence-corrected chi connectivity index (χ2v) is 8.14. The average molecular weight is 366 g/mol. The Bertz CT molecular complexity index is 903. The first-order chi connectivity index (χ1) is 12.6. The van der Waals surface area contributed by atoms with Crippen molar-refractivity contribution < 1.29 is 4.79 Å². The quantitative estimate of drug-likeness (QED) is 0.698. The first-order valence-electron chi connectivity index (χ1n) is 9.05. The highest BCUT2D eigenvalue weighted by atomic mass is 32.1. The number of carbonyl (C=O) groups is 1. The lowest BCUT2D eigenvalue weighted by Crippen LogP contribution is -2.46. The molecule has 3 aromatic rings. The minimum atomic E-state index is 0.160. The number of anilines is 1. The van der Waals surface area contributed by atoms with Crippen LogP contribution in [0.15, 0.2) is 48.5 Å². The van der Waals surface area contributed by atoms with Crippen LogP contribution in [0.25, 0.3) is 10.2 Å². The van der Waals surface area contributed by atoms with Crippen LogP contribution < -0.4 is 4.90 Å². The smallest absolute Gasteiger partial charge is 0.241 e.